The smallest absolute Gasteiger partial charge is 0.437 e. The molecular weight excluding hydrogens is 506 g/mol. The second-order valence-corrected chi connectivity index (χ2v) is 7.76. The maximum Gasteiger partial charge on any atom is 0.437 e. The lowest BCUT2D eigenvalue weighted by molar-refractivity contribution is -0.142. The zero-order valence-corrected chi connectivity index (χ0v) is 18.6. The molecule has 0 fully saturated rings. The van der Waals surface area contributed by atoms with Crippen molar-refractivity contribution in [2.45, 2.75) is 12.7 Å². The molecule has 0 unspecified atom stereocenters. The summed E-state index contributed by atoms with van der Waals surface area (Å²) in [5, 5.41) is 15.0. The van der Waals surface area contributed by atoms with Crippen LogP contribution in [-0.2, 0) is 12.7 Å². The fourth-order valence-corrected chi connectivity index (χ4v) is 3.49. The zero-order valence-electron chi connectivity index (χ0n) is 17.8. The first-order chi connectivity index (χ1) is 17.1. The first-order valence-corrected chi connectivity index (χ1v) is 10.3. The Hall–Kier alpha value is -4.50. The van der Waals surface area contributed by atoms with Crippen molar-refractivity contribution in [3.8, 4) is 28.7 Å². The minimum absolute atomic E-state index is 0.0000574. The number of aromatic amines is 1. The van der Waals surface area contributed by atoms with E-state index in [2.05, 4.69) is 15.2 Å². The summed E-state index contributed by atoms with van der Waals surface area (Å²) in [4.78, 5) is 28.5. The van der Waals surface area contributed by atoms with Crippen LogP contribution in [0.2, 0.25) is 5.02 Å². The van der Waals surface area contributed by atoms with Gasteiger partial charge in [0.15, 0.2) is 5.69 Å². The van der Waals surface area contributed by atoms with Crippen molar-refractivity contribution in [2.75, 3.05) is 0 Å². The van der Waals surface area contributed by atoms with Gasteiger partial charge in [0.05, 0.1) is 35.8 Å². The zero-order chi connectivity index (χ0) is 26.0. The van der Waals surface area contributed by atoms with E-state index in [1.54, 1.807) is 6.07 Å². The summed E-state index contributed by atoms with van der Waals surface area (Å²) in [5.74, 6) is -2.12. The van der Waals surface area contributed by atoms with Gasteiger partial charge in [0, 0.05) is 10.6 Å². The first kappa shape index (κ1) is 24.6. The van der Waals surface area contributed by atoms with Crippen molar-refractivity contribution >= 4 is 11.6 Å². The molecule has 2 aromatic heterocycles. The van der Waals surface area contributed by atoms with Gasteiger partial charge in [-0.2, -0.15) is 23.5 Å². The van der Waals surface area contributed by atoms with Gasteiger partial charge in [-0.25, -0.2) is 14.5 Å². The Morgan fingerprint density at radius 3 is 2.56 bits per heavy atom. The minimum atomic E-state index is -5.04. The number of halogens is 5. The normalized spacial score (nSPS) is 11.2. The van der Waals surface area contributed by atoms with E-state index in [0.717, 1.165) is 22.8 Å². The largest absolute Gasteiger partial charge is 0.449 e. The van der Waals surface area contributed by atoms with Gasteiger partial charge in [0.1, 0.15) is 11.6 Å². The van der Waals surface area contributed by atoms with E-state index >= 15 is 0 Å². The Morgan fingerprint density at radius 1 is 1.11 bits per heavy atom. The first-order valence-electron chi connectivity index (χ1n) is 9.95. The lowest BCUT2D eigenvalue weighted by atomic mass is 10.1. The molecule has 0 aliphatic carbocycles. The number of nitrogens with one attached hydrogen (secondary N) is 1. The molecular formula is C23H12ClF4N5O3. The Balaban J connectivity index is 1.78. The summed E-state index contributed by atoms with van der Waals surface area (Å²) in [6, 6.07) is 11.9. The highest BCUT2D eigenvalue weighted by molar-refractivity contribution is 6.30. The van der Waals surface area contributed by atoms with Gasteiger partial charge in [0.2, 0.25) is 5.75 Å². The molecule has 0 aliphatic rings. The maximum absolute atomic E-state index is 14.2. The minimum Gasteiger partial charge on any atom is -0.449 e. The molecule has 4 rings (SSSR count). The van der Waals surface area contributed by atoms with E-state index in [1.165, 1.54) is 30.3 Å². The maximum atomic E-state index is 14.2. The second kappa shape index (κ2) is 9.63. The van der Waals surface area contributed by atoms with Crippen molar-refractivity contribution in [1.82, 2.24) is 19.7 Å². The summed E-state index contributed by atoms with van der Waals surface area (Å²) in [6.45, 7) is -0.433. The molecule has 8 nitrogen and oxygen atoms in total. The quantitative estimate of drug-likeness (QED) is 0.389. The molecule has 2 aromatic carbocycles. The Morgan fingerprint density at radius 2 is 1.86 bits per heavy atom. The van der Waals surface area contributed by atoms with Crippen molar-refractivity contribution < 1.29 is 22.3 Å². The number of H-pyrrole nitrogens is 1. The Bertz CT molecular complexity index is 1630. The van der Waals surface area contributed by atoms with E-state index in [4.69, 9.17) is 21.6 Å². The number of nitriles is 1. The van der Waals surface area contributed by atoms with Gasteiger partial charge in [-0.1, -0.05) is 29.8 Å². The lowest BCUT2D eigenvalue weighted by Gasteiger charge is -2.15. The number of benzene rings is 2. The molecule has 182 valence electrons. The number of nitrogens with zero attached hydrogens (tertiary/aromatic N) is 4. The SMILES string of the molecule is N#Cc1cc(Cl)cc(Oc2c(C(F)(F)F)ncn(Cc3cc(-c4ccccc4F)c(=O)[nH]n3)c2=O)c1. The van der Waals surface area contributed by atoms with E-state index in [9.17, 15) is 27.2 Å². The van der Waals surface area contributed by atoms with Crippen LogP contribution in [0.1, 0.15) is 17.0 Å². The number of hydrogen-bond donors (Lipinski definition) is 1. The number of aromatic nitrogens is 4. The summed E-state index contributed by atoms with van der Waals surface area (Å²) in [5.41, 5.74) is -3.63. The predicted molar refractivity (Wildman–Crippen MR) is 119 cm³/mol. The Kier molecular flexibility index (Phi) is 6.59. The van der Waals surface area contributed by atoms with Crippen LogP contribution >= 0.6 is 11.6 Å². The fraction of sp³-hybridized carbons (Fsp3) is 0.0870. The van der Waals surface area contributed by atoms with Crippen LogP contribution < -0.4 is 15.9 Å². The number of ether oxygens (including phenoxy) is 1. The third-order valence-corrected chi connectivity index (χ3v) is 5.06. The highest BCUT2D eigenvalue weighted by Gasteiger charge is 2.38. The van der Waals surface area contributed by atoms with Crippen LogP contribution in [0.5, 0.6) is 11.5 Å². The number of hydrogen-bond acceptors (Lipinski definition) is 6. The molecule has 0 spiro atoms. The van der Waals surface area contributed by atoms with Gasteiger partial charge < -0.3 is 4.74 Å². The van der Waals surface area contributed by atoms with Gasteiger partial charge >= 0.3 is 6.18 Å². The molecule has 2 heterocycles. The van der Waals surface area contributed by atoms with Crippen LogP contribution in [0.3, 0.4) is 0 Å². The molecule has 0 amide bonds. The Labute approximate surface area is 204 Å². The van der Waals surface area contributed by atoms with Gasteiger partial charge in [-0.15, -0.1) is 0 Å². The van der Waals surface area contributed by atoms with E-state index in [-0.39, 0.29) is 33.2 Å². The summed E-state index contributed by atoms with van der Waals surface area (Å²) in [7, 11) is 0. The topological polar surface area (TPSA) is 114 Å². The fourth-order valence-electron chi connectivity index (χ4n) is 3.26. The molecule has 0 atom stereocenters. The summed E-state index contributed by atoms with van der Waals surface area (Å²) in [6.07, 6.45) is -4.40. The van der Waals surface area contributed by atoms with Crippen molar-refractivity contribution in [3.05, 3.63) is 103 Å². The molecule has 0 saturated carbocycles. The van der Waals surface area contributed by atoms with Crippen LogP contribution in [0.25, 0.3) is 11.1 Å². The molecule has 13 heteroatoms. The molecule has 0 aliphatic heterocycles. The standard InChI is InChI=1S/C23H12ClF4N5O3/c24-13-5-12(9-29)6-15(7-13)36-19-20(23(26,27)28)30-11-33(22(19)35)10-14-8-17(21(34)32-31-14)16-3-1-2-4-18(16)25/h1-8,11H,10H2,(H,32,34). The van der Waals surface area contributed by atoms with Crippen molar-refractivity contribution in [3.63, 3.8) is 0 Å². The third kappa shape index (κ3) is 5.11. The average Bonchev–Trinajstić information content (AvgIpc) is 2.82. The van der Waals surface area contributed by atoms with Gasteiger partial charge in [-0.05, 0) is 30.3 Å². The molecule has 4 aromatic rings. The van der Waals surface area contributed by atoms with Crippen LogP contribution in [0, 0.1) is 17.1 Å². The number of alkyl halides is 3. The highest BCUT2D eigenvalue weighted by Crippen LogP contribution is 2.35. The monoisotopic (exact) mass is 517 g/mol. The molecule has 0 saturated heterocycles. The molecule has 1 N–H and O–H groups in total. The van der Waals surface area contributed by atoms with Gasteiger partial charge in [-0.3, -0.25) is 14.2 Å². The average molecular weight is 518 g/mol. The van der Waals surface area contributed by atoms with Crippen LogP contribution in [0.15, 0.2) is 64.4 Å². The third-order valence-electron chi connectivity index (χ3n) is 4.84. The predicted octanol–water partition coefficient (Wildman–Crippen LogP) is 4.52. The van der Waals surface area contributed by atoms with E-state index < -0.39 is 41.1 Å². The second-order valence-electron chi connectivity index (χ2n) is 7.32. The van der Waals surface area contributed by atoms with Crippen LogP contribution in [-0.4, -0.2) is 19.7 Å². The molecule has 0 radical (unpaired) electrons. The van der Waals surface area contributed by atoms with Crippen molar-refractivity contribution in [2.24, 2.45) is 0 Å². The molecule has 0 bridgehead atoms. The van der Waals surface area contributed by atoms with Crippen LogP contribution in [0.4, 0.5) is 17.6 Å². The lowest BCUT2D eigenvalue weighted by Crippen LogP contribution is -2.27. The van der Waals surface area contributed by atoms with Crippen molar-refractivity contribution in [1.29, 1.82) is 5.26 Å². The summed E-state index contributed by atoms with van der Waals surface area (Å²) >= 11 is 5.88. The van der Waals surface area contributed by atoms with E-state index in [0.29, 0.717) is 6.33 Å². The van der Waals surface area contributed by atoms with Gasteiger partial charge in [0.25, 0.3) is 11.1 Å². The molecule has 36 heavy (non-hydrogen) atoms. The highest BCUT2D eigenvalue weighted by atomic mass is 35.5. The number of rotatable bonds is 5. The summed E-state index contributed by atoms with van der Waals surface area (Å²) < 4.78 is 60.9. The van der Waals surface area contributed by atoms with E-state index in [1.807, 2.05) is 0 Å².